The first-order valence-electron chi connectivity index (χ1n) is 7.27. The fourth-order valence-electron chi connectivity index (χ4n) is 2.92. The summed E-state index contributed by atoms with van der Waals surface area (Å²) in [6.45, 7) is 5.28. The van der Waals surface area contributed by atoms with Gasteiger partial charge in [-0.15, -0.1) is 0 Å². The zero-order valence-corrected chi connectivity index (χ0v) is 12.0. The van der Waals surface area contributed by atoms with E-state index in [9.17, 15) is 4.39 Å². The van der Waals surface area contributed by atoms with Gasteiger partial charge in [-0.05, 0) is 35.1 Å². The van der Waals surface area contributed by atoms with Crippen molar-refractivity contribution in [1.29, 1.82) is 0 Å². The number of rotatable bonds is 2. The van der Waals surface area contributed by atoms with Crippen molar-refractivity contribution in [3.63, 3.8) is 0 Å². The summed E-state index contributed by atoms with van der Waals surface area (Å²) in [6, 6.07) is 13.7. The third-order valence-corrected chi connectivity index (χ3v) is 4.11. The van der Waals surface area contributed by atoms with Crippen LogP contribution in [0.25, 0.3) is 0 Å². The Balaban J connectivity index is 2.09. The SMILES string of the molecule is CC(C)c1ccc2c(c1)C(c1ccccc1F)NCC2. The number of benzene rings is 2. The summed E-state index contributed by atoms with van der Waals surface area (Å²) in [4.78, 5) is 0. The second-order valence-corrected chi connectivity index (χ2v) is 5.77. The fourth-order valence-corrected chi connectivity index (χ4v) is 2.92. The van der Waals surface area contributed by atoms with E-state index in [1.54, 1.807) is 6.07 Å². The lowest BCUT2D eigenvalue weighted by Crippen LogP contribution is -2.31. The molecule has 1 N–H and O–H groups in total. The zero-order valence-electron chi connectivity index (χ0n) is 12.0. The second kappa shape index (κ2) is 5.37. The van der Waals surface area contributed by atoms with Crippen molar-refractivity contribution in [2.45, 2.75) is 32.2 Å². The molecule has 0 spiro atoms. The molecule has 1 aliphatic heterocycles. The maximum atomic E-state index is 14.1. The Labute approximate surface area is 119 Å². The van der Waals surface area contributed by atoms with Crippen molar-refractivity contribution in [2.75, 3.05) is 6.54 Å². The molecule has 0 fully saturated rings. The van der Waals surface area contributed by atoms with Crippen LogP contribution >= 0.6 is 0 Å². The summed E-state index contributed by atoms with van der Waals surface area (Å²) in [5, 5.41) is 3.46. The molecule has 0 saturated carbocycles. The number of nitrogens with one attached hydrogen (secondary N) is 1. The molecule has 104 valence electrons. The van der Waals surface area contributed by atoms with Gasteiger partial charge in [-0.25, -0.2) is 4.39 Å². The summed E-state index contributed by atoms with van der Waals surface area (Å²) < 4.78 is 14.1. The molecule has 0 aromatic heterocycles. The molecule has 20 heavy (non-hydrogen) atoms. The third kappa shape index (κ3) is 2.36. The van der Waals surface area contributed by atoms with Crippen molar-refractivity contribution in [3.8, 4) is 0 Å². The Kier molecular flexibility index (Phi) is 3.58. The van der Waals surface area contributed by atoms with E-state index in [2.05, 4.69) is 37.4 Å². The molecule has 1 nitrogen and oxygen atoms in total. The lowest BCUT2D eigenvalue weighted by molar-refractivity contribution is 0.527. The summed E-state index contributed by atoms with van der Waals surface area (Å²) in [5.41, 5.74) is 4.62. The van der Waals surface area contributed by atoms with Gasteiger partial charge in [0.05, 0.1) is 6.04 Å². The van der Waals surface area contributed by atoms with Crippen LogP contribution in [0, 0.1) is 5.82 Å². The smallest absolute Gasteiger partial charge is 0.128 e. The number of hydrogen-bond donors (Lipinski definition) is 1. The maximum Gasteiger partial charge on any atom is 0.128 e. The summed E-state index contributed by atoms with van der Waals surface area (Å²) in [6.07, 6.45) is 1.01. The van der Waals surface area contributed by atoms with E-state index in [-0.39, 0.29) is 11.9 Å². The van der Waals surface area contributed by atoms with E-state index in [1.807, 2.05) is 12.1 Å². The minimum absolute atomic E-state index is 0.0290. The Morgan fingerprint density at radius 1 is 1.10 bits per heavy atom. The first kappa shape index (κ1) is 13.3. The quantitative estimate of drug-likeness (QED) is 0.862. The summed E-state index contributed by atoms with van der Waals surface area (Å²) in [7, 11) is 0. The highest BCUT2D eigenvalue weighted by Gasteiger charge is 2.23. The Morgan fingerprint density at radius 2 is 1.90 bits per heavy atom. The second-order valence-electron chi connectivity index (χ2n) is 5.77. The predicted octanol–water partition coefficient (Wildman–Crippen LogP) is 4.18. The normalized spacial score (nSPS) is 18.1. The number of halogens is 1. The molecule has 0 bridgehead atoms. The van der Waals surface area contributed by atoms with E-state index in [0.29, 0.717) is 5.92 Å². The van der Waals surface area contributed by atoms with Crippen LogP contribution in [0.15, 0.2) is 42.5 Å². The molecule has 2 heteroatoms. The predicted molar refractivity (Wildman–Crippen MR) is 80.5 cm³/mol. The van der Waals surface area contributed by atoms with Crippen LogP contribution in [0.4, 0.5) is 4.39 Å². The van der Waals surface area contributed by atoms with Gasteiger partial charge in [0.2, 0.25) is 0 Å². The van der Waals surface area contributed by atoms with E-state index in [1.165, 1.54) is 22.8 Å². The van der Waals surface area contributed by atoms with Crippen LogP contribution in [0.3, 0.4) is 0 Å². The van der Waals surface area contributed by atoms with Crippen LogP contribution in [0.5, 0.6) is 0 Å². The van der Waals surface area contributed by atoms with Crippen molar-refractivity contribution in [1.82, 2.24) is 5.32 Å². The van der Waals surface area contributed by atoms with Crippen molar-refractivity contribution >= 4 is 0 Å². The van der Waals surface area contributed by atoms with Crippen LogP contribution < -0.4 is 5.32 Å². The highest BCUT2D eigenvalue weighted by molar-refractivity contribution is 5.42. The maximum absolute atomic E-state index is 14.1. The van der Waals surface area contributed by atoms with Gasteiger partial charge in [0.1, 0.15) is 5.82 Å². The Morgan fingerprint density at radius 3 is 2.65 bits per heavy atom. The van der Waals surface area contributed by atoms with Crippen LogP contribution in [0.1, 0.15) is 48.1 Å². The van der Waals surface area contributed by atoms with Crippen molar-refractivity contribution in [3.05, 3.63) is 70.5 Å². The molecule has 1 unspecified atom stereocenters. The van der Waals surface area contributed by atoms with E-state index in [0.717, 1.165) is 18.5 Å². The molecule has 0 radical (unpaired) electrons. The van der Waals surface area contributed by atoms with Gasteiger partial charge < -0.3 is 5.32 Å². The highest BCUT2D eigenvalue weighted by Crippen LogP contribution is 2.32. The molecular weight excluding hydrogens is 249 g/mol. The van der Waals surface area contributed by atoms with Gasteiger partial charge in [-0.2, -0.15) is 0 Å². The van der Waals surface area contributed by atoms with Gasteiger partial charge in [0, 0.05) is 12.1 Å². The Bertz CT molecular complexity index is 619. The zero-order chi connectivity index (χ0) is 14.1. The summed E-state index contributed by atoms with van der Waals surface area (Å²) >= 11 is 0. The Hall–Kier alpha value is -1.67. The molecule has 2 aromatic rings. The van der Waals surface area contributed by atoms with Gasteiger partial charge in [0.15, 0.2) is 0 Å². The van der Waals surface area contributed by atoms with Gasteiger partial charge >= 0.3 is 0 Å². The molecule has 1 aliphatic rings. The van der Waals surface area contributed by atoms with Crippen molar-refractivity contribution < 1.29 is 4.39 Å². The monoisotopic (exact) mass is 269 g/mol. The number of hydrogen-bond acceptors (Lipinski definition) is 1. The van der Waals surface area contributed by atoms with E-state index >= 15 is 0 Å². The third-order valence-electron chi connectivity index (χ3n) is 4.11. The lowest BCUT2D eigenvalue weighted by Gasteiger charge is -2.28. The average Bonchev–Trinajstić information content (AvgIpc) is 2.46. The van der Waals surface area contributed by atoms with E-state index in [4.69, 9.17) is 0 Å². The van der Waals surface area contributed by atoms with Crippen LogP contribution in [-0.2, 0) is 6.42 Å². The molecule has 1 atom stereocenters. The minimum Gasteiger partial charge on any atom is -0.306 e. The van der Waals surface area contributed by atoms with Gasteiger partial charge in [-0.3, -0.25) is 0 Å². The largest absolute Gasteiger partial charge is 0.306 e. The van der Waals surface area contributed by atoms with Crippen molar-refractivity contribution in [2.24, 2.45) is 0 Å². The molecule has 1 heterocycles. The number of fused-ring (bicyclic) bond motifs is 1. The first-order valence-corrected chi connectivity index (χ1v) is 7.27. The van der Waals surface area contributed by atoms with E-state index < -0.39 is 0 Å². The molecule has 0 aliphatic carbocycles. The molecule has 3 rings (SSSR count). The van der Waals surface area contributed by atoms with Gasteiger partial charge in [-0.1, -0.05) is 50.2 Å². The van der Waals surface area contributed by atoms with Gasteiger partial charge in [0.25, 0.3) is 0 Å². The average molecular weight is 269 g/mol. The fraction of sp³-hybridized carbons (Fsp3) is 0.333. The highest BCUT2D eigenvalue weighted by atomic mass is 19.1. The first-order chi connectivity index (χ1) is 9.66. The standard InChI is InChI=1S/C18H20FN/c1-12(2)14-8-7-13-9-10-20-18(16(13)11-14)15-5-3-4-6-17(15)19/h3-8,11-12,18,20H,9-10H2,1-2H3. The molecule has 2 aromatic carbocycles. The summed E-state index contributed by atoms with van der Waals surface area (Å²) in [5.74, 6) is 0.358. The molecular formula is C18H20FN. The molecule has 0 amide bonds. The molecule has 0 saturated heterocycles. The van der Waals surface area contributed by atoms with Crippen LogP contribution in [-0.4, -0.2) is 6.54 Å². The topological polar surface area (TPSA) is 12.0 Å². The van der Waals surface area contributed by atoms with Crippen LogP contribution in [0.2, 0.25) is 0 Å². The lowest BCUT2D eigenvalue weighted by atomic mass is 9.86. The minimum atomic E-state index is -0.132.